The van der Waals surface area contributed by atoms with Crippen LogP contribution in [0.15, 0.2) is 11.4 Å². The topological polar surface area (TPSA) is 67.6 Å². The fraction of sp³-hybridized carbons (Fsp3) is 0.143. The summed E-state index contributed by atoms with van der Waals surface area (Å²) >= 11 is 1.61. The van der Waals surface area contributed by atoms with Crippen molar-refractivity contribution in [1.29, 1.82) is 0 Å². The first-order valence-electron chi connectivity index (χ1n) is 3.49. The van der Waals surface area contributed by atoms with Crippen LogP contribution in [-0.4, -0.2) is 15.2 Å². The van der Waals surface area contributed by atoms with Crippen LogP contribution in [0.3, 0.4) is 0 Å². The Morgan fingerprint density at radius 2 is 2.42 bits per heavy atom. The minimum Gasteiger partial charge on any atom is -0.382 e. The second-order valence-corrected chi connectivity index (χ2v) is 3.52. The molecule has 62 valence electrons. The molecule has 12 heavy (non-hydrogen) atoms. The third kappa shape index (κ3) is 1.18. The predicted molar refractivity (Wildman–Crippen MR) is 48.8 cm³/mol. The fourth-order valence-corrected chi connectivity index (χ4v) is 1.57. The molecule has 5 heteroatoms. The van der Waals surface area contributed by atoms with E-state index in [9.17, 15) is 0 Å². The van der Waals surface area contributed by atoms with Gasteiger partial charge in [-0.3, -0.25) is 5.10 Å². The zero-order chi connectivity index (χ0) is 8.55. The Kier molecular flexibility index (Phi) is 1.58. The van der Waals surface area contributed by atoms with Crippen molar-refractivity contribution < 1.29 is 0 Å². The van der Waals surface area contributed by atoms with Gasteiger partial charge in [0.05, 0.1) is 16.4 Å². The Labute approximate surface area is 73.5 Å². The van der Waals surface area contributed by atoms with Gasteiger partial charge in [0.2, 0.25) is 0 Å². The lowest BCUT2D eigenvalue weighted by Crippen LogP contribution is -1.81. The number of anilines is 1. The number of nitrogens with zero attached hydrogens (tertiary/aromatic N) is 2. The van der Waals surface area contributed by atoms with Gasteiger partial charge in [-0.2, -0.15) is 5.10 Å². The van der Waals surface area contributed by atoms with Gasteiger partial charge in [0.1, 0.15) is 5.82 Å². The molecule has 0 atom stereocenters. The number of nitrogen functional groups attached to an aromatic ring is 1. The summed E-state index contributed by atoms with van der Waals surface area (Å²) in [5.41, 5.74) is 7.23. The van der Waals surface area contributed by atoms with Crippen LogP contribution in [0.25, 0.3) is 11.4 Å². The van der Waals surface area contributed by atoms with Crippen molar-refractivity contribution in [2.45, 2.75) is 6.92 Å². The zero-order valence-electron chi connectivity index (χ0n) is 6.53. The van der Waals surface area contributed by atoms with Gasteiger partial charge < -0.3 is 5.73 Å². The van der Waals surface area contributed by atoms with E-state index in [0.29, 0.717) is 5.82 Å². The molecule has 0 amide bonds. The molecular formula is C7H8N4S. The molecular weight excluding hydrogens is 172 g/mol. The quantitative estimate of drug-likeness (QED) is 0.697. The summed E-state index contributed by atoms with van der Waals surface area (Å²) in [6.07, 6.45) is 0. The van der Waals surface area contributed by atoms with E-state index in [-0.39, 0.29) is 0 Å². The number of nitrogens with one attached hydrogen (secondary N) is 1. The number of H-pyrrole nitrogens is 1. The highest BCUT2D eigenvalue weighted by atomic mass is 32.1. The Bertz CT molecular complexity index is 351. The molecule has 0 aliphatic heterocycles. The standard InChI is InChI=1S/C7H8N4S/c1-4-9-6(3-12-4)5-2-7(8)11-10-5/h2-3H,1H3,(H3,8,10,11). The van der Waals surface area contributed by atoms with E-state index in [1.807, 2.05) is 12.3 Å². The normalized spacial score (nSPS) is 10.4. The molecule has 2 aromatic rings. The zero-order valence-corrected chi connectivity index (χ0v) is 7.35. The highest BCUT2D eigenvalue weighted by Gasteiger charge is 2.03. The highest BCUT2D eigenvalue weighted by Crippen LogP contribution is 2.20. The van der Waals surface area contributed by atoms with Gasteiger partial charge in [-0.25, -0.2) is 4.98 Å². The van der Waals surface area contributed by atoms with Crippen LogP contribution in [0, 0.1) is 6.92 Å². The average molecular weight is 180 g/mol. The first-order chi connectivity index (χ1) is 5.75. The SMILES string of the molecule is Cc1nc(-c2cc(N)n[nH]2)cs1. The van der Waals surface area contributed by atoms with E-state index >= 15 is 0 Å². The van der Waals surface area contributed by atoms with Crippen molar-refractivity contribution in [3.63, 3.8) is 0 Å². The Hall–Kier alpha value is -1.36. The summed E-state index contributed by atoms with van der Waals surface area (Å²) in [7, 11) is 0. The molecule has 4 nitrogen and oxygen atoms in total. The van der Waals surface area contributed by atoms with Crippen molar-refractivity contribution in [1.82, 2.24) is 15.2 Å². The fourth-order valence-electron chi connectivity index (χ4n) is 0.956. The molecule has 0 fully saturated rings. The van der Waals surface area contributed by atoms with Gasteiger partial charge in [-0.15, -0.1) is 11.3 Å². The number of rotatable bonds is 1. The number of hydrogen-bond acceptors (Lipinski definition) is 4. The van der Waals surface area contributed by atoms with Crippen molar-refractivity contribution >= 4 is 17.2 Å². The van der Waals surface area contributed by atoms with Crippen LogP contribution in [-0.2, 0) is 0 Å². The molecule has 0 saturated heterocycles. The summed E-state index contributed by atoms with van der Waals surface area (Å²) < 4.78 is 0. The largest absolute Gasteiger partial charge is 0.382 e. The van der Waals surface area contributed by atoms with E-state index in [4.69, 9.17) is 5.73 Å². The summed E-state index contributed by atoms with van der Waals surface area (Å²) in [5, 5.41) is 9.64. The maximum absolute atomic E-state index is 5.46. The van der Waals surface area contributed by atoms with E-state index < -0.39 is 0 Å². The molecule has 0 aliphatic rings. The first kappa shape index (κ1) is 7.30. The molecule has 0 saturated carbocycles. The van der Waals surface area contributed by atoms with E-state index in [2.05, 4.69) is 15.2 Å². The molecule has 0 unspecified atom stereocenters. The maximum Gasteiger partial charge on any atom is 0.145 e. The predicted octanol–water partition coefficient (Wildman–Crippen LogP) is 1.42. The highest BCUT2D eigenvalue weighted by molar-refractivity contribution is 7.09. The van der Waals surface area contributed by atoms with Gasteiger partial charge in [0.15, 0.2) is 0 Å². The van der Waals surface area contributed by atoms with Gasteiger partial charge in [-0.1, -0.05) is 0 Å². The average Bonchev–Trinajstić information content (AvgIpc) is 2.58. The van der Waals surface area contributed by atoms with Crippen molar-refractivity contribution in [2.75, 3.05) is 5.73 Å². The minimum atomic E-state index is 0.496. The summed E-state index contributed by atoms with van der Waals surface area (Å²) in [5.74, 6) is 0.496. The molecule has 0 spiro atoms. The van der Waals surface area contributed by atoms with E-state index in [1.165, 1.54) is 0 Å². The molecule has 2 rings (SSSR count). The van der Waals surface area contributed by atoms with Gasteiger partial charge in [-0.05, 0) is 6.92 Å². The molecule has 0 bridgehead atoms. The lowest BCUT2D eigenvalue weighted by atomic mass is 10.3. The van der Waals surface area contributed by atoms with Crippen LogP contribution in [0.2, 0.25) is 0 Å². The van der Waals surface area contributed by atoms with Crippen LogP contribution < -0.4 is 5.73 Å². The smallest absolute Gasteiger partial charge is 0.145 e. The second-order valence-electron chi connectivity index (χ2n) is 2.46. The van der Waals surface area contributed by atoms with Crippen LogP contribution >= 0.6 is 11.3 Å². The third-order valence-corrected chi connectivity index (χ3v) is 2.27. The number of thiazole rings is 1. The van der Waals surface area contributed by atoms with Crippen molar-refractivity contribution in [3.05, 3.63) is 16.5 Å². The molecule has 2 heterocycles. The number of aromatic nitrogens is 3. The number of hydrogen-bond donors (Lipinski definition) is 2. The lowest BCUT2D eigenvalue weighted by Gasteiger charge is -1.85. The Morgan fingerprint density at radius 1 is 1.58 bits per heavy atom. The van der Waals surface area contributed by atoms with Gasteiger partial charge >= 0.3 is 0 Å². The number of aromatic amines is 1. The van der Waals surface area contributed by atoms with Gasteiger partial charge in [0, 0.05) is 11.4 Å². The third-order valence-electron chi connectivity index (χ3n) is 1.49. The molecule has 3 N–H and O–H groups in total. The minimum absolute atomic E-state index is 0.496. The van der Waals surface area contributed by atoms with E-state index in [1.54, 1.807) is 17.4 Å². The van der Waals surface area contributed by atoms with E-state index in [0.717, 1.165) is 16.4 Å². The summed E-state index contributed by atoms with van der Waals surface area (Å²) in [4.78, 5) is 4.29. The number of aryl methyl sites for hydroxylation is 1. The first-order valence-corrected chi connectivity index (χ1v) is 4.37. The summed E-state index contributed by atoms with van der Waals surface area (Å²) in [6.45, 7) is 1.97. The Morgan fingerprint density at radius 3 is 2.92 bits per heavy atom. The lowest BCUT2D eigenvalue weighted by molar-refractivity contribution is 1.09. The van der Waals surface area contributed by atoms with Gasteiger partial charge in [0.25, 0.3) is 0 Å². The number of nitrogens with two attached hydrogens (primary N) is 1. The molecule has 0 radical (unpaired) electrons. The van der Waals surface area contributed by atoms with Crippen LogP contribution in [0.5, 0.6) is 0 Å². The van der Waals surface area contributed by atoms with Crippen LogP contribution in [0.1, 0.15) is 5.01 Å². The molecule has 0 aliphatic carbocycles. The maximum atomic E-state index is 5.46. The molecule has 2 aromatic heterocycles. The Balaban J connectivity index is 2.43. The van der Waals surface area contributed by atoms with Crippen molar-refractivity contribution in [2.24, 2.45) is 0 Å². The van der Waals surface area contributed by atoms with Crippen LogP contribution in [0.4, 0.5) is 5.82 Å². The molecule has 0 aromatic carbocycles. The monoisotopic (exact) mass is 180 g/mol. The van der Waals surface area contributed by atoms with Crippen molar-refractivity contribution in [3.8, 4) is 11.4 Å². The second kappa shape index (κ2) is 2.60. The summed E-state index contributed by atoms with van der Waals surface area (Å²) in [6, 6.07) is 1.77.